The normalized spacial score (nSPS) is 11.9. The van der Waals surface area contributed by atoms with Gasteiger partial charge in [0.15, 0.2) is 0 Å². The van der Waals surface area contributed by atoms with E-state index in [0.29, 0.717) is 11.4 Å². The van der Waals surface area contributed by atoms with E-state index < -0.39 is 10.0 Å². The van der Waals surface area contributed by atoms with Gasteiger partial charge in [-0.15, -0.1) is 22.7 Å². The quantitative estimate of drug-likeness (QED) is 0.721. The van der Waals surface area contributed by atoms with Gasteiger partial charge in [0.2, 0.25) is 10.0 Å². The van der Waals surface area contributed by atoms with Crippen molar-refractivity contribution in [3.05, 3.63) is 32.4 Å². The van der Waals surface area contributed by atoms with Gasteiger partial charge >= 0.3 is 0 Å². The predicted molar refractivity (Wildman–Crippen MR) is 87.2 cm³/mol. The van der Waals surface area contributed by atoms with Crippen LogP contribution in [0.1, 0.15) is 28.8 Å². The zero-order valence-corrected chi connectivity index (χ0v) is 14.5. The molecule has 5 nitrogen and oxygen atoms in total. The fourth-order valence-electron chi connectivity index (χ4n) is 1.84. The van der Waals surface area contributed by atoms with Crippen LogP contribution >= 0.6 is 22.7 Å². The van der Waals surface area contributed by atoms with Gasteiger partial charge in [0, 0.05) is 21.7 Å². The Labute approximate surface area is 133 Å². The van der Waals surface area contributed by atoms with E-state index in [0.717, 1.165) is 28.4 Å². The van der Waals surface area contributed by atoms with Crippen LogP contribution in [0.4, 0.5) is 0 Å². The Hall–Kier alpha value is -0.800. The number of sulfonamides is 1. The Morgan fingerprint density at radius 2 is 2.14 bits per heavy atom. The molecule has 0 aromatic carbocycles. The Morgan fingerprint density at radius 3 is 2.81 bits per heavy atom. The molecule has 0 aliphatic heterocycles. The molecule has 0 bridgehead atoms. The number of hydrogen-bond donors (Lipinski definition) is 2. The van der Waals surface area contributed by atoms with E-state index >= 15 is 0 Å². The lowest BCUT2D eigenvalue weighted by Crippen LogP contribution is -2.23. The van der Waals surface area contributed by atoms with Gasteiger partial charge in [0.05, 0.1) is 22.6 Å². The Bertz CT molecular complexity index is 663. The van der Waals surface area contributed by atoms with Crippen molar-refractivity contribution in [2.75, 3.05) is 6.54 Å². The van der Waals surface area contributed by atoms with Crippen molar-refractivity contribution in [3.63, 3.8) is 0 Å². The molecule has 0 radical (unpaired) electrons. The molecule has 0 saturated heterocycles. The number of thiophene rings is 1. The molecular weight excluding hydrogens is 326 g/mol. The molecule has 2 heterocycles. The van der Waals surface area contributed by atoms with Crippen LogP contribution in [-0.4, -0.2) is 19.9 Å². The summed E-state index contributed by atoms with van der Waals surface area (Å²) in [5, 5.41) is 5.12. The highest BCUT2D eigenvalue weighted by molar-refractivity contribution is 7.89. The van der Waals surface area contributed by atoms with Crippen molar-refractivity contribution in [2.24, 2.45) is 0 Å². The first-order chi connectivity index (χ1) is 10.0. The summed E-state index contributed by atoms with van der Waals surface area (Å²) in [6.07, 6.45) is 1.06. The molecule has 2 aromatic rings. The summed E-state index contributed by atoms with van der Waals surface area (Å²) in [5.74, 6) is 0. The number of nitrogens with zero attached hydrogens (tertiary/aromatic N) is 1. The number of rotatable bonds is 8. The molecule has 0 atom stereocenters. The van der Waals surface area contributed by atoms with Crippen LogP contribution in [-0.2, 0) is 23.1 Å². The first-order valence-corrected chi connectivity index (χ1v) is 9.94. The number of aromatic nitrogens is 1. The largest absolute Gasteiger partial charge is 0.312 e. The minimum atomic E-state index is -3.48. The zero-order chi connectivity index (χ0) is 15.3. The van der Waals surface area contributed by atoms with Crippen molar-refractivity contribution >= 4 is 32.7 Å². The molecule has 0 spiro atoms. The van der Waals surface area contributed by atoms with Gasteiger partial charge < -0.3 is 5.32 Å². The minimum Gasteiger partial charge on any atom is -0.312 e. The minimum absolute atomic E-state index is 0.227. The number of hydrogen-bond acceptors (Lipinski definition) is 6. The topological polar surface area (TPSA) is 71.1 Å². The van der Waals surface area contributed by atoms with E-state index in [4.69, 9.17) is 0 Å². The Morgan fingerprint density at radius 1 is 1.33 bits per heavy atom. The van der Waals surface area contributed by atoms with Gasteiger partial charge in [-0.1, -0.05) is 6.92 Å². The molecule has 0 amide bonds. The standard InChI is InChI=1S/C13H19N3O2S3/c1-3-4-14-7-12-5-13(10(2)20-12)21(17,18)16-6-11-8-19-9-15-11/h5,8-9,14,16H,3-4,6-7H2,1-2H3. The van der Waals surface area contributed by atoms with Gasteiger partial charge in [-0.3, -0.25) is 0 Å². The van der Waals surface area contributed by atoms with E-state index in [-0.39, 0.29) is 6.54 Å². The monoisotopic (exact) mass is 345 g/mol. The van der Waals surface area contributed by atoms with Crippen LogP contribution in [0.15, 0.2) is 21.9 Å². The molecule has 2 N–H and O–H groups in total. The summed E-state index contributed by atoms with van der Waals surface area (Å²) >= 11 is 2.97. The fourth-order valence-corrected chi connectivity index (χ4v) is 5.00. The second kappa shape index (κ2) is 7.46. The summed E-state index contributed by atoms with van der Waals surface area (Å²) in [4.78, 5) is 6.30. The average molecular weight is 346 g/mol. The van der Waals surface area contributed by atoms with Crippen molar-refractivity contribution < 1.29 is 8.42 Å². The van der Waals surface area contributed by atoms with Crippen molar-refractivity contribution in [1.82, 2.24) is 15.0 Å². The summed E-state index contributed by atoms with van der Waals surface area (Å²) in [6, 6.07) is 1.76. The van der Waals surface area contributed by atoms with Gasteiger partial charge in [0.1, 0.15) is 0 Å². The smallest absolute Gasteiger partial charge is 0.242 e. The van der Waals surface area contributed by atoms with Gasteiger partial charge in [0.25, 0.3) is 0 Å². The van der Waals surface area contributed by atoms with Gasteiger partial charge in [-0.25, -0.2) is 18.1 Å². The van der Waals surface area contributed by atoms with Crippen LogP contribution < -0.4 is 10.0 Å². The SMILES string of the molecule is CCCNCc1cc(S(=O)(=O)NCc2cscn2)c(C)s1. The first-order valence-electron chi connectivity index (χ1n) is 6.69. The zero-order valence-electron chi connectivity index (χ0n) is 12.0. The molecular formula is C13H19N3O2S3. The highest BCUT2D eigenvalue weighted by Crippen LogP contribution is 2.25. The maximum absolute atomic E-state index is 12.3. The molecule has 2 rings (SSSR count). The fraction of sp³-hybridized carbons (Fsp3) is 0.462. The highest BCUT2D eigenvalue weighted by Gasteiger charge is 2.19. The lowest BCUT2D eigenvalue weighted by Gasteiger charge is -2.04. The lowest BCUT2D eigenvalue weighted by atomic mass is 10.4. The highest BCUT2D eigenvalue weighted by atomic mass is 32.2. The number of aryl methyl sites for hydroxylation is 1. The summed E-state index contributed by atoms with van der Waals surface area (Å²) in [5.41, 5.74) is 2.43. The molecule has 116 valence electrons. The third kappa shape index (κ3) is 4.58. The molecule has 0 aliphatic carbocycles. The van der Waals surface area contributed by atoms with Gasteiger partial charge in [-0.05, 0) is 26.0 Å². The van der Waals surface area contributed by atoms with Crippen LogP contribution in [0.5, 0.6) is 0 Å². The van der Waals surface area contributed by atoms with Crippen molar-refractivity contribution in [2.45, 2.75) is 38.3 Å². The molecule has 0 saturated carbocycles. The summed E-state index contributed by atoms with van der Waals surface area (Å²) < 4.78 is 27.3. The Balaban J connectivity index is 2.05. The third-order valence-corrected chi connectivity index (χ3v) is 6.21. The molecule has 0 fully saturated rings. The van der Waals surface area contributed by atoms with E-state index in [1.54, 1.807) is 11.6 Å². The lowest BCUT2D eigenvalue weighted by molar-refractivity contribution is 0.580. The van der Waals surface area contributed by atoms with Crippen LogP contribution in [0.2, 0.25) is 0 Å². The molecule has 0 unspecified atom stereocenters. The molecule has 8 heteroatoms. The third-order valence-electron chi connectivity index (χ3n) is 2.87. The molecule has 2 aromatic heterocycles. The number of thiazole rings is 1. The van der Waals surface area contributed by atoms with E-state index in [1.807, 2.05) is 12.3 Å². The maximum atomic E-state index is 12.3. The van der Waals surface area contributed by atoms with Crippen molar-refractivity contribution in [3.8, 4) is 0 Å². The van der Waals surface area contributed by atoms with Crippen LogP contribution in [0.25, 0.3) is 0 Å². The molecule has 21 heavy (non-hydrogen) atoms. The number of nitrogens with one attached hydrogen (secondary N) is 2. The predicted octanol–water partition coefficient (Wildman–Crippen LogP) is 2.49. The Kier molecular flexibility index (Phi) is 5.88. The van der Waals surface area contributed by atoms with Crippen molar-refractivity contribution in [1.29, 1.82) is 0 Å². The van der Waals surface area contributed by atoms with Crippen LogP contribution in [0.3, 0.4) is 0 Å². The van der Waals surface area contributed by atoms with E-state index in [2.05, 4.69) is 21.9 Å². The second-order valence-electron chi connectivity index (χ2n) is 4.61. The summed E-state index contributed by atoms with van der Waals surface area (Å²) in [7, 11) is -3.48. The first kappa shape index (κ1) is 16.6. The van der Waals surface area contributed by atoms with E-state index in [9.17, 15) is 8.42 Å². The maximum Gasteiger partial charge on any atom is 0.242 e. The second-order valence-corrected chi connectivity index (χ2v) is 8.41. The average Bonchev–Trinajstić information content (AvgIpc) is 3.07. The van der Waals surface area contributed by atoms with E-state index in [1.165, 1.54) is 22.7 Å². The van der Waals surface area contributed by atoms with Crippen LogP contribution in [0, 0.1) is 6.92 Å². The molecule has 0 aliphatic rings. The summed E-state index contributed by atoms with van der Waals surface area (Å²) in [6.45, 7) is 5.81. The van der Waals surface area contributed by atoms with Gasteiger partial charge in [-0.2, -0.15) is 0 Å².